The van der Waals surface area contributed by atoms with Crippen LogP contribution in [0.3, 0.4) is 0 Å². The summed E-state index contributed by atoms with van der Waals surface area (Å²) in [5.41, 5.74) is -0.796. The largest absolute Gasteiger partial charge is 0.451 e. The van der Waals surface area contributed by atoms with Crippen LogP contribution in [-0.2, 0) is 14.2 Å². The molecule has 0 amide bonds. The maximum Gasteiger partial charge on any atom is 0.403 e. The first-order valence-electron chi connectivity index (χ1n) is 3.66. The van der Waals surface area contributed by atoms with Gasteiger partial charge in [0.25, 0.3) is 0 Å². The molecule has 0 unspecified atom stereocenters. The van der Waals surface area contributed by atoms with Gasteiger partial charge in [-0.3, -0.25) is 0 Å². The molecule has 0 aliphatic carbocycles. The number of halogens is 1. The van der Waals surface area contributed by atoms with Crippen molar-refractivity contribution in [3.05, 3.63) is 0 Å². The Kier molecular flexibility index (Phi) is 8.54. The summed E-state index contributed by atoms with van der Waals surface area (Å²) < 4.78 is 14.3. The number of ether oxygens (including phenoxy) is 3. The number of methoxy groups -OCH3 is 1. The molecule has 0 saturated carbocycles. The van der Waals surface area contributed by atoms with Gasteiger partial charge in [0.2, 0.25) is 0 Å². The molecule has 0 radical (unpaired) electrons. The normalized spacial score (nSPS) is 9.83. The summed E-state index contributed by atoms with van der Waals surface area (Å²) >= 11 is 4.90. The average Bonchev–Trinajstić information content (AvgIpc) is 2.02. The summed E-state index contributed by atoms with van der Waals surface area (Å²) in [5.74, 6) is 0. The van der Waals surface area contributed by atoms with Crippen molar-refractivity contribution in [3.8, 4) is 0 Å². The quantitative estimate of drug-likeness (QED) is 0.456. The van der Waals surface area contributed by atoms with Crippen molar-refractivity contribution in [2.75, 3.05) is 33.5 Å². The van der Waals surface area contributed by atoms with Crippen molar-refractivity contribution >= 4 is 17.0 Å². The smallest absolute Gasteiger partial charge is 0.403 e. The molecular weight excluding hydrogens is 184 g/mol. The maximum absolute atomic E-state index is 10.0. The highest BCUT2D eigenvalue weighted by atomic mass is 35.5. The van der Waals surface area contributed by atoms with Crippen molar-refractivity contribution in [2.45, 2.75) is 6.42 Å². The molecule has 0 aliphatic rings. The van der Waals surface area contributed by atoms with E-state index in [1.54, 1.807) is 7.11 Å². The minimum absolute atomic E-state index is 0.204. The van der Waals surface area contributed by atoms with E-state index in [1.165, 1.54) is 0 Å². The second kappa shape index (κ2) is 8.77. The van der Waals surface area contributed by atoms with Gasteiger partial charge in [0, 0.05) is 31.9 Å². The second-order valence-corrected chi connectivity index (χ2v) is 2.35. The molecule has 0 bridgehead atoms. The third-order valence-electron chi connectivity index (χ3n) is 1.08. The zero-order valence-corrected chi connectivity index (χ0v) is 7.80. The van der Waals surface area contributed by atoms with E-state index in [-0.39, 0.29) is 6.61 Å². The van der Waals surface area contributed by atoms with E-state index in [1.807, 2.05) is 0 Å². The van der Waals surface area contributed by atoms with Crippen molar-refractivity contribution < 1.29 is 19.0 Å². The minimum atomic E-state index is -0.796. The predicted molar refractivity (Wildman–Crippen MR) is 44.5 cm³/mol. The van der Waals surface area contributed by atoms with Crippen LogP contribution in [0, 0.1) is 0 Å². The van der Waals surface area contributed by atoms with Gasteiger partial charge in [-0.2, -0.15) is 0 Å². The molecule has 0 spiro atoms. The lowest BCUT2D eigenvalue weighted by molar-refractivity contribution is 0.0684. The zero-order chi connectivity index (χ0) is 9.23. The molecule has 0 aromatic rings. The Hall–Kier alpha value is -0.320. The van der Waals surface area contributed by atoms with Crippen LogP contribution in [0.15, 0.2) is 0 Å². The number of hydrogen-bond donors (Lipinski definition) is 0. The van der Waals surface area contributed by atoms with Gasteiger partial charge in [0.1, 0.15) is 6.61 Å². The lowest BCUT2D eigenvalue weighted by Gasteiger charge is -2.02. The highest BCUT2D eigenvalue weighted by Crippen LogP contribution is 1.88. The molecule has 0 fully saturated rings. The summed E-state index contributed by atoms with van der Waals surface area (Å²) in [5, 5.41) is 0. The second-order valence-electron chi connectivity index (χ2n) is 2.04. The van der Waals surface area contributed by atoms with Crippen LogP contribution in [0.25, 0.3) is 0 Å². The summed E-state index contributed by atoms with van der Waals surface area (Å²) in [7, 11) is 1.63. The number of carbonyl (C=O) groups is 1. The van der Waals surface area contributed by atoms with Gasteiger partial charge >= 0.3 is 5.43 Å². The highest BCUT2D eigenvalue weighted by molar-refractivity contribution is 6.61. The summed E-state index contributed by atoms with van der Waals surface area (Å²) in [6.07, 6.45) is 0.839. The third-order valence-corrected chi connectivity index (χ3v) is 1.19. The minimum Gasteiger partial charge on any atom is -0.451 e. The third kappa shape index (κ3) is 9.68. The van der Waals surface area contributed by atoms with Gasteiger partial charge in [0.05, 0.1) is 6.61 Å². The molecule has 0 aliphatic heterocycles. The van der Waals surface area contributed by atoms with Gasteiger partial charge in [-0.1, -0.05) is 0 Å². The first-order chi connectivity index (χ1) is 5.77. The van der Waals surface area contributed by atoms with Crippen molar-refractivity contribution in [3.63, 3.8) is 0 Å². The molecular formula is C7H13ClO4. The van der Waals surface area contributed by atoms with Crippen LogP contribution in [0.2, 0.25) is 0 Å². The number of rotatable bonds is 7. The molecule has 4 nitrogen and oxygen atoms in total. The molecule has 12 heavy (non-hydrogen) atoms. The standard InChI is InChI=1S/C7H13ClO4/c1-10-3-2-4-11-5-6-12-7(8)9/h2-6H2,1H3. The fourth-order valence-electron chi connectivity index (χ4n) is 0.588. The Morgan fingerprint density at radius 2 is 2.00 bits per heavy atom. The van der Waals surface area contributed by atoms with Gasteiger partial charge in [-0.05, 0) is 6.42 Å². The summed E-state index contributed by atoms with van der Waals surface area (Å²) in [4.78, 5) is 10.0. The average molecular weight is 197 g/mol. The Balaban J connectivity index is 2.86. The SMILES string of the molecule is COCCCOCCOC(=O)Cl. The van der Waals surface area contributed by atoms with Gasteiger partial charge in [0.15, 0.2) is 0 Å². The van der Waals surface area contributed by atoms with Crippen LogP contribution in [0.4, 0.5) is 4.79 Å². The van der Waals surface area contributed by atoms with Crippen LogP contribution in [0.5, 0.6) is 0 Å². The fraction of sp³-hybridized carbons (Fsp3) is 0.857. The Morgan fingerprint density at radius 3 is 2.58 bits per heavy atom. The summed E-state index contributed by atoms with van der Waals surface area (Å²) in [6, 6.07) is 0. The Bertz CT molecular complexity index is 118. The number of carbonyl (C=O) groups excluding carboxylic acids is 1. The molecule has 0 rings (SSSR count). The molecule has 0 aromatic carbocycles. The van der Waals surface area contributed by atoms with Gasteiger partial charge in [-0.25, -0.2) is 4.79 Å². The molecule has 5 heteroatoms. The Morgan fingerprint density at radius 1 is 1.25 bits per heavy atom. The topological polar surface area (TPSA) is 44.8 Å². The van der Waals surface area contributed by atoms with Gasteiger partial charge in [-0.15, -0.1) is 0 Å². The van der Waals surface area contributed by atoms with Gasteiger partial charge < -0.3 is 14.2 Å². The van der Waals surface area contributed by atoms with Crippen LogP contribution >= 0.6 is 11.6 Å². The molecule has 0 aromatic heterocycles. The van der Waals surface area contributed by atoms with E-state index >= 15 is 0 Å². The van der Waals surface area contributed by atoms with Crippen molar-refractivity contribution in [1.29, 1.82) is 0 Å². The van der Waals surface area contributed by atoms with E-state index in [0.29, 0.717) is 19.8 Å². The van der Waals surface area contributed by atoms with Crippen LogP contribution in [-0.4, -0.2) is 39.0 Å². The first-order valence-corrected chi connectivity index (χ1v) is 4.04. The lowest BCUT2D eigenvalue weighted by atomic mass is 10.5. The molecule has 0 heterocycles. The van der Waals surface area contributed by atoms with E-state index in [4.69, 9.17) is 21.1 Å². The highest BCUT2D eigenvalue weighted by Gasteiger charge is 1.94. The molecule has 0 atom stereocenters. The fourth-order valence-corrected chi connectivity index (χ4v) is 0.665. The summed E-state index contributed by atoms with van der Waals surface area (Å²) in [6.45, 7) is 1.86. The van der Waals surface area contributed by atoms with E-state index in [2.05, 4.69) is 4.74 Å². The predicted octanol–water partition coefficient (Wildman–Crippen LogP) is 1.41. The molecule has 0 saturated heterocycles. The number of hydrogen-bond acceptors (Lipinski definition) is 4. The van der Waals surface area contributed by atoms with Crippen molar-refractivity contribution in [2.24, 2.45) is 0 Å². The molecule has 0 N–H and O–H groups in total. The van der Waals surface area contributed by atoms with E-state index in [9.17, 15) is 4.79 Å². The van der Waals surface area contributed by atoms with Crippen LogP contribution in [0.1, 0.15) is 6.42 Å². The maximum atomic E-state index is 10.0. The zero-order valence-electron chi connectivity index (χ0n) is 7.05. The molecule has 72 valence electrons. The monoisotopic (exact) mass is 196 g/mol. The lowest BCUT2D eigenvalue weighted by Crippen LogP contribution is -2.07. The Labute approximate surface area is 76.7 Å². The van der Waals surface area contributed by atoms with E-state index < -0.39 is 5.43 Å². The van der Waals surface area contributed by atoms with E-state index in [0.717, 1.165) is 6.42 Å². The van der Waals surface area contributed by atoms with Crippen molar-refractivity contribution in [1.82, 2.24) is 0 Å². The first kappa shape index (κ1) is 11.7. The van der Waals surface area contributed by atoms with Crippen LogP contribution < -0.4 is 0 Å².